The molecule has 2 aliphatic rings. The van der Waals surface area contributed by atoms with Gasteiger partial charge in [0, 0.05) is 16.5 Å². The van der Waals surface area contributed by atoms with E-state index in [4.69, 9.17) is 4.74 Å². The highest BCUT2D eigenvalue weighted by atomic mass is 16.5. The molecule has 1 fully saturated rings. The number of Topliss-reactive ketones (excluding diaryl/α,β-unsaturated/α-hetero) is 1. The zero-order valence-corrected chi connectivity index (χ0v) is 11.9. The maximum atomic E-state index is 12.8. The number of ether oxygens (including phenoxy) is 1. The van der Waals surface area contributed by atoms with Crippen molar-refractivity contribution in [2.24, 2.45) is 11.3 Å². The van der Waals surface area contributed by atoms with Crippen LogP contribution in [0.4, 0.5) is 0 Å². The molecule has 3 rings (SSSR count). The monoisotopic (exact) mass is 258 g/mol. The third kappa shape index (κ3) is 1.98. The molecule has 2 unspecified atom stereocenters. The number of rotatable bonds is 1. The van der Waals surface area contributed by atoms with Gasteiger partial charge in [0.25, 0.3) is 0 Å². The largest absolute Gasteiger partial charge is 0.496 e. The molecule has 1 spiro atoms. The smallest absolute Gasteiger partial charge is 0.169 e. The minimum Gasteiger partial charge on any atom is -0.496 e. The number of hydrogen-bond donors (Lipinski definition) is 0. The van der Waals surface area contributed by atoms with Gasteiger partial charge in [0.1, 0.15) is 5.75 Å². The van der Waals surface area contributed by atoms with Crippen LogP contribution in [0.3, 0.4) is 0 Å². The molecule has 0 saturated heterocycles. The van der Waals surface area contributed by atoms with Crippen molar-refractivity contribution >= 4 is 5.78 Å². The molecular formula is C17H22O2. The Morgan fingerprint density at radius 3 is 2.89 bits per heavy atom. The summed E-state index contributed by atoms with van der Waals surface area (Å²) in [6.07, 6.45) is 6.62. The number of ketones is 1. The third-order valence-electron chi connectivity index (χ3n) is 5.06. The molecule has 0 aliphatic heterocycles. The Morgan fingerprint density at radius 2 is 2.11 bits per heavy atom. The van der Waals surface area contributed by atoms with Gasteiger partial charge in [0.05, 0.1) is 7.11 Å². The summed E-state index contributed by atoms with van der Waals surface area (Å²) in [6, 6.07) is 5.89. The van der Waals surface area contributed by atoms with Gasteiger partial charge in [0.15, 0.2) is 5.78 Å². The Kier molecular flexibility index (Phi) is 3.12. The SMILES string of the molecule is COc1cccc2c1CC1(CCCC(C)CC1)C2=O. The van der Waals surface area contributed by atoms with Crippen molar-refractivity contribution in [3.8, 4) is 5.75 Å². The molecule has 2 atom stereocenters. The summed E-state index contributed by atoms with van der Waals surface area (Å²) in [5, 5.41) is 0. The van der Waals surface area contributed by atoms with Crippen LogP contribution in [0.15, 0.2) is 18.2 Å². The molecule has 0 bridgehead atoms. The Labute approximate surface area is 115 Å². The van der Waals surface area contributed by atoms with Gasteiger partial charge in [-0.25, -0.2) is 0 Å². The van der Waals surface area contributed by atoms with Gasteiger partial charge in [-0.15, -0.1) is 0 Å². The van der Waals surface area contributed by atoms with Gasteiger partial charge in [-0.3, -0.25) is 4.79 Å². The van der Waals surface area contributed by atoms with E-state index < -0.39 is 0 Å². The highest BCUT2D eigenvalue weighted by Gasteiger charge is 2.46. The molecule has 1 aromatic carbocycles. The minimum absolute atomic E-state index is 0.123. The number of hydrogen-bond acceptors (Lipinski definition) is 2. The first-order chi connectivity index (χ1) is 9.16. The van der Waals surface area contributed by atoms with Crippen LogP contribution in [0, 0.1) is 11.3 Å². The second kappa shape index (κ2) is 4.66. The third-order valence-corrected chi connectivity index (χ3v) is 5.06. The molecule has 0 radical (unpaired) electrons. The van der Waals surface area contributed by atoms with E-state index in [1.807, 2.05) is 18.2 Å². The van der Waals surface area contributed by atoms with E-state index in [0.29, 0.717) is 5.78 Å². The van der Waals surface area contributed by atoms with Crippen LogP contribution in [-0.4, -0.2) is 12.9 Å². The lowest BCUT2D eigenvalue weighted by atomic mass is 9.76. The van der Waals surface area contributed by atoms with Crippen LogP contribution in [0.5, 0.6) is 5.75 Å². The lowest BCUT2D eigenvalue weighted by molar-refractivity contribution is 0.0790. The van der Waals surface area contributed by atoms with Crippen molar-refractivity contribution < 1.29 is 9.53 Å². The van der Waals surface area contributed by atoms with Crippen LogP contribution in [0.2, 0.25) is 0 Å². The molecule has 2 aliphatic carbocycles. The van der Waals surface area contributed by atoms with E-state index in [1.165, 1.54) is 19.3 Å². The molecule has 0 amide bonds. The summed E-state index contributed by atoms with van der Waals surface area (Å²) in [7, 11) is 1.69. The molecule has 19 heavy (non-hydrogen) atoms. The van der Waals surface area contributed by atoms with E-state index >= 15 is 0 Å². The molecular weight excluding hydrogens is 236 g/mol. The summed E-state index contributed by atoms with van der Waals surface area (Å²) < 4.78 is 5.44. The number of benzene rings is 1. The van der Waals surface area contributed by atoms with Crippen LogP contribution < -0.4 is 4.74 Å². The van der Waals surface area contributed by atoms with Crippen molar-refractivity contribution in [3.05, 3.63) is 29.3 Å². The summed E-state index contributed by atoms with van der Waals surface area (Å²) in [5.41, 5.74) is 1.93. The Morgan fingerprint density at radius 1 is 1.26 bits per heavy atom. The van der Waals surface area contributed by atoms with Crippen molar-refractivity contribution in [2.75, 3.05) is 7.11 Å². The topological polar surface area (TPSA) is 26.3 Å². The second-order valence-corrected chi connectivity index (χ2v) is 6.31. The molecule has 2 nitrogen and oxygen atoms in total. The van der Waals surface area contributed by atoms with E-state index in [9.17, 15) is 4.79 Å². The second-order valence-electron chi connectivity index (χ2n) is 6.31. The molecule has 0 aromatic heterocycles. The van der Waals surface area contributed by atoms with Crippen LogP contribution in [0.25, 0.3) is 0 Å². The summed E-state index contributed by atoms with van der Waals surface area (Å²) >= 11 is 0. The number of carbonyl (C=O) groups excluding carboxylic acids is 1. The fourth-order valence-electron chi connectivity index (χ4n) is 3.84. The average Bonchev–Trinajstić information content (AvgIpc) is 2.57. The lowest BCUT2D eigenvalue weighted by Gasteiger charge is -2.25. The Bertz CT molecular complexity index is 506. The first kappa shape index (κ1) is 12.7. The lowest BCUT2D eigenvalue weighted by Crippen LogP contribution is -2.27. The standard InChI is InChI=1S/C17H22O2/c1-12-5-4-9-17(10-8-12)11-14-13(16(17)18)6-3-7-15(14)19-2/h3,6-7,12H,4-5,8-11H2,1-2H3. The maximum Gasteiger partial charge on any atom is 0.169 e. The predicted octanol–water partition coefficient (Wildman–Crippen LogP) is 4.02. The quantitative estimate of drug-likeness (QED) is 0.760. The zero-order valence-electron chi connectivity index (χ0n) is 11.9. The molecule has 1 aromatic rings. The molecule has 0 N–H and O–H groups in total. The van der Waals surface area contributed by atoms with Crippen LogP contribution in [0.1, 0.15) is 54.9 Å². The van der Waals surface area contributed by atoms with Crippen LogP contribution in [-0.2, 0) is 6.42 Å². The normalized spacial score (nSPS) is 30.2. The number of methoxy groups -OCH3 is 1. The maximum absolute atomic E-state index is 12.8. The van der Waals surface area contributed by atoms with Crippen molar-refractivity contribution in [1.29, 1.82) is 0 Å². The van der Waals surface area contributed by atoms with E-state index in [2.05, 4.69) is 6.92 Å². The minimum atomic E-state index is -0.123. The average molecular weight is 258 g/mol. The molecule has 102 valence electrons. The van der Waals surface area contributed by atoms with Crippen molar-refractivity contribution in [1.82, 2.24) is 0 Å². The van der Waals surface area contributed by atoms with E-state index in [1.54, 1.807) is 7.11 Å². The summed E-state index contributed by atoms with van der Waals surface area (Å²) in [4.78, 5) is 12.8. The molecule has 1 saturated carbocycles. The summed E-state index contributed by atoms with van der Waals surface area (Å²) in [5.74, 6) is 2.02. The van der Waals surface area contributed by atoms with Gasteiger partial charge >= 0.3 is 0 Å². The van der Waals surface area contributed by atoms with Crippen molar-refractivity contribution in [2.45, 2.75) is 45.4 Å². The highest BCUT2D eigenvalue weighted by Crippen LogP contribution is 2.49. The van der Waals surface area contributed by atoms with Gasteiger partial charge in [-0.1, -0.05) is 31.9 Å². The first-order valence-electron chi connectivity index (χ1n) is 7.37. The first-order valence-corrected chi connectivity index (χ1v) is 7.37. The summed E-state index contributed by atoms with van der Waals surface area (Å²) in [6.45, 7) is 2.31. The molecule has 2 heteroatoms. The van der Waals surface area contributed by atoms with E-state index in [-0.39, 0.29) is 5.41 Å². The van der Waals surface area contributed by atoms with Crippen LogP contribution >= 0.6 is 0 Å². The predicted molar refractivity (Wildman–Crippen MR) is 75.7 cm³/mol. The van der Waals surface area contributed by atoms with Gasteiger partial charge in [0.2, 0.25) is 0 Å². The Balaban J connectivity index is 1.98. The highest BCUT2D eigenvalue weighted by molar-refractivity contribution is 6.05. The fourth-order valence-corrected chi connectivity index (χ4v) is 3.84. The van der Waals surface area contributed by atoms with Gasteiger partial charge < -0.3 is 4.74 Å². The molecule has 0 heterocycles. The fraction of sp³-hybridized carbons (Fsp3) is 0.588. The zero-order chi connectivity index (χ0) is 13.5. The number of carbonyl (C=O) groups is 1. The van der Waals surface area contributed by atoms with E-state index in [0.717, 1.165) is 42.1 Å². The van der Waals surface area contributed by atoms with Gasteiger partial charge in [-0.05, 0) is 37.7 Å². The van der Waals surface area contributed by atoms with Gasteiger partial charge in [-0.2, -0.15) is 0 Å². The van der Waals surface area contributed by atoms with Crippen molar-refractivity contribution in [3.63, 3.8) is 0 Å². The number of fused-ring (bicyclic) bond motifs is 1. The Hall–Kier alpha value is -1.31.